The summed E-state index contributed by atoms with van der Waals surface area (Å²) < 4.78 is 1.88. The van der Waals surface area contributed by atoms with E-state index in [0.29, 0.717) is 11.8 Å². The Bertz CT molecular complexity index is 832. The fourth-order valence-corrected chi connectivity index (χ4v) is 4.58. The Morgan fingerprint density at radius 3 is 2.69 bits per heavy atom. The molecule has 2 amide bonds. The molecule has 140 valence electrons. The number of halogens is 1. The summed E-state index contributed by atoms with van der Waals surface area (Å²) in [5, 5.41) is 6.71. The number of amides is 2. The van der Waals surface area contributed by atoms with Crippen LogP contribution in [0.1, 0.15) is 19.3 Å². The molecule has 2 bridgehead atoms. The molecule has 1 aromatic carbocycles. The lowest BCUT2D eigenvalue weighted by molar-refractivity contribution is -0.122. The highest BCUT2D eigenvalue weighted by Crippen LogP contribution is 2.47. The van der Waals surface area contributed by atoms with E-state index in [0.717, 1.165) is 35.9 Å². The number of nitrogens with two attached hydrogens (primary N) is 1. The molecule has 1 heterocycles. The Morgan fingerprint density at radius 2 is 2.00 bits per heavy atom. The van der Waals surface area contributed by atoms with Crippen molar-refractivity contribution in [1.82, 2.24) is 9.88 Å². The number of likely N-dealkylation sites (N-methyl/N-ethyl adjacent to an activating group) is 1. The molecule has 2 saturated carbocycles. The highest BCUT2D eigenvalue weighted by molar-refractivity contribution is 5.96. The summed E-state index contributed by atoms with van der Waals surface area (Å²) >= 11 is 0. The van der Waals surface area contributed by atoms with Gasteiger partial charge in [0.2, 0.25) is 11.8 Å². The summed E-state index contributed by atoms with van der Waals surface area (Å²) in [5.74, 6) is 0.837. The Hall–Kier alpha value is -2.05. The molecule has 2 fully saturated rings. The fourth-order valence-electron chi connectivity index (χ4n) is 4.58. The van der Waals surface area contributed by atoms with Crippen LogP contribution in [0.25, 0.3) is 10.9 Å². The second kappa shape index (κ2) is 7.29. The van der Waals surface area contributed by atoms with Crippen molar-refractivity contribution in [3.63, 3.8) is 0 Å². The quantitative estimate of drug-likeness (QED) is 0.763. The van der Waals surface area contributed by atoms with Crippen LogP contribution < -0.4 is 16.4 Å². The van der Waals surface area contributed by atoms with E-state index in [9.17, 15) is 9.59 Å². The average Bonchev–Trinajstić information content (AvgIpc) is 3.29. The van der Waals surface area contributed by atoms with Crippen LogP contribution in [-0.2, 0) is 16.1 Å². The normalized spacial score (nSPS) is 26.5. The monoisotopic (exact) mass is 376 g/mol. The van der Waals surface area contributed by atoms with Gasteiger partial charge in [0.05, 0.1) is 11.4 Å². The maximum absolute atomic E-state index is 12.7. The molecule has 0 radical (unpaired) electrons. The maximum atomic E-state index is 12.7. The number of nitrogens with one attached hydrogen (secondary N) is 2. The molecule has 0 spiro atoms. The third-order valence-corrected chi connectivity index (χ3v) is 5.92. The lowest BCUT2D eigenvalue weighted by atomic mass is 9.84. The van der Waals surface area contributed by atoms with Gasteiger partial charge in [-0.3, -0.25) is 9.59 Å². The van der Waals surface area contributed by atoms with Crippen LogP contribution in [0.5, 0.6) is 0 Å². The first-order valence-corrected chi connectivity index (χ1v) is 8.92. The summed E-state index contributed by atoms with van der Waals surface area (Å²) in [7, 11) is 1.62. The van der Waals surface area contributed by atoms with E-state index in [1.807, 2.05) is 35.0 Å². The highest BCUT2D eigenvalue weighted by Gasteiger charge is 2.49. The van der Waals surface area contributed by atoms with Gasteiger partial charge in [0.15, 0.2) is 0 Å². The van der Waals surface area contributed by atoms with Gasteiger partial charge in [-0.1, -0.05) is 6.07 Å². The minimum absolute atomic E-state index is 0. The number of hydrogen-bond donors (Lipinski definition) is 3. The first-order valence-electron chi connectivity index (χ1n) is 8.92. The number of rotatable bonds is 4. The van der Waals surface area contributed by atoms with Gasteiger partial charge >= 0.3 is 0 Å². The van der Waals surface area contributed by atoms with Crippen LogP contribution in [0.4, 0.5) is 5.69 Å². The number of nitrogens with zero attached hydrogens (tertiary/aromatic N) is 1. The molecular weight excluding hydrogens is 352 g/mol. The van der Waals surface area contributed by atoms with Gasteiger partial charge in [0.25, 0.3) is 0 Å². The van der Waals surface area contributed by atoms with Gasteiger partial charge in [-0.25, -0.2) is 0 Å². The zero-order chi connectivity index (χ0) is 17.6. The van der Waals surface area contributed by atoms with Gasteiger partial charge in [0, 0.05) is 25.0 Å². The first-order chi connectivity index (χ1) is 12.1. The van der Waals surface area contributed by atoms with Crippen LogP contribution in [0.3, 0.4) is 0 Å². The van der Waals surface area contributed by atoms with Crippen molar-refractivity contribution >= 4 is 40.8 Å². The maximum Gasteiger partial charge on any atom is 0.239 e. The zero-order valence-electron chi connectivity index (χ0n) is 14.8. The lowest BCUT2D eigenvalue weighted by Crippen LogP contribution is -2.42. The van der Waals surface area contributed by atoms with E-state index in [1.54, 1.807) is 7.05 Å². The summed E-state index contributed by atoms with van der Waals surface area (Å²) in [6.45, 7) is 0.259. The van der Waals surface area contributed by atoms with Gasteiger partial charge in [-0.15, -0.1) is 12.4 Å². The topological polar surface area (TPSA) is 89.2 Å². The number of anilines is 1. The molecule has 4 atom stereocenters. The number of fused-ring (bicyclic) bond motifs is 3. The molecule has 2 aliphatic rings. The second-order valence-electron chi connectivity index (χ2n) is 7.32. The number of hydrogen-bond acceptors (Lipinski definition) is 3. The standard InChI is InChI=1S/C19H24N4O2.ClH/c1-21-16(24)10-23-7-6-11-4-5-14(9-15(11)23)22-19(25)17-12-2-3-13(8-12)18(17)20;/h4-7,9,12-13,17-18H,2-3,8,10,20H2,1H3,(H,21,24)(H,22,25);1H. The largest absolute Gasteiger partial charge is 0.358 e. The summed E-state index contributed by atoms with van der Waals surface area (Å²) in [6, 6.07) is 7.75. The van der Waals surface area contributed by atoms with Crippen molar-refractivity contribution in [1.29, 1.82) is 0 Å². The number of benzene rings is 1. The minimum Gasteiger partial charge on any atom is -0.358 e. The van der Waals surface area contributed by atoms with Crippen molar-refractivity contribution in [2.24, 2.45) is 23.5 Å². The smallest absolute Gasteiger partial charge is 0.239 e. The SMILES string of the molecule is CNC(=O)Cn1ccc2ccc(NC(=O)C3C4CCC(C4)C3N)cc21.Cl. The Balaban J connectivity index is 0.00000196. The van der Waals surface area contributed by atoms with Crippen LogP contribution in [0.2, 0.25) is 0 Å². The van der Waals surface area contributed by atoms with Crippen molar-refractivity contribution in [3.8, 4) is 0 Å². The molecule has 26 heavy (non-hydrogen) atoms. The molecular formula is C19H25ClN4O2. The van der Waals surface area contributed by atoms with Gasteiger partial charge < -0.3 is 20.9 Å². The number of aromatic nitrogens is 1. The van der Waals surface area contributed by atoms with Crippen molar-refractivity contribution in [3.05, 3.63) is 30.5 Å². The van der Waals surface area contributed by atoms with E-state index >= 15 is 0 Å². The number of carbonyl (C=O) groups excluding carboxylic acids is 2. The van der Waals surface area contributed by atoms with Gasteiger partial charge in [0.1, 0.15) is 6.54 Å². The predicted molar refractivity (Wildman–Crippen MR) is 104 cm³/mol. The molecule has 2 aromatic rings. The second-order valence-corrected chi connectivity index (χ2v) is 7.32. The van der Waals surface area contributed by atoms with E-state index in [2.05, 4.69) is 10.6 Å². The summed E-state index contributed by atoms with van der Waals surface area (Å²) in [5.41, 5.74) is 7.96. The van der Waals surface area contributed by atoms with Crippen LogP contribution >= 0.6 is 12.4 Å². The first kappa shape index (κ1) is 18.7. The zero-order valence-corrected chi connectivity index (χ0v) is 15.6. The van der Waals surface area contributed by atoms with E-state index in [1.165, 1.54) is 0 Å². The third-order valence-electron chi connectivity index (χ3n) is 5.92. The highest BCUT2D eigenvalue weighted by atomic mass is 35.5. The van der Waals surface area contributed by atoms with Crippen LogP contribution in [0, 0.1) is 17.8 Å². The lowest BCUT2D eigenvalue weighted by Gasteiger charge is -2.27. The Kier molecular flexibility index (Phi) is 5.25. The van der Waals surface area contributed by atoms with E-state index in [4.69, 9.17) is 5.73 Å². The molecule has 4 unspecified atom stereocenters. The van der Waals surface area contributed by atoms with E-state index in [-0.39, 0.29) is 42.7 Å². The molecule has 4 N–H and O–H groups in total. The number of carbonyl (C=O) groups is 2. The van der Waals surface area contributed by atoms with Crippen molar-refractivity contribution in [2.45, 2.75) is 31.8 Å². The van der Waals surface area contributed by atoms with E-state index < -0.39 is 0 Å². The average molecular weight is 377 g/mol. The minimum atomic E-state index is -0.0768. The molecule has 1 aromatic heterocycles. The van der Waals surface area contributed by atoms with Crippen molar-refractivity contribution in [2.75, 3.05) is 12.4 Å². The van der Waals surface area contributed by atoms with Crippen LogP contribution in [0.15, 0.2) is 30.5 Å². The van der Waals surface area contributed by atoms with Gasteiger partial charge in [-0.2, -0.15) is 0 Å². The molecule has 2 aliphatic carbocycles. The van der Waals surface area contributed by atoms with Crippen molar-refractivity contribution < 1.29 is 9.59 Å². The Morgan fingerprint density at radius 1 is 1.23 bits per heavy atom. The molecule has 4 rings (SSSR count). The summed E-state index contributed by atoms with van der Waals surface area (Å²) in [6.07, 6.45) is 5.25. The molecule has 6 nitrogen and oxygen atoms in total. The fraction of sp³-hybridized carbons (Fsp3) is 0.474. The molecule has 0 aliphatic heterocycles. The third kappa shape index (κ3) is 3.19. The Labute approximate surface area is 158 Å². The van der Waals surface area contributed by atoms with Crippen LogP contribution in [-0.4, -0.2) is 29.5 Å². The molecule has 7 heteroatoms. The van der Waals surface area contributed by atoms with Gasteiger partial charge in [-0.05, 0) is 54.7 Å². The predicted octanol–water partition coefficient (Wildman–Crippen LogP) is 2.12. The molecule has 0 saturated heterocycles. The summed E-state index contributed by atoms with van der Waals surface area (Å²) in [4.78, 5) is 24.4.